The van der Waals surface area contributed by atoms with Crippen LogP contribution in [-0.2, 0) is 7.05 Å². The molecule has 0 bridgehead atoms. The van der Waals surface area contributed by atoms with Gasteiger partial charge in [0, 0.05) is 18.8 Å². The molecule has 0 radical (unpaired) electrons. The number of anilines is 2. The second-order valence-corrected chi connectivity index (χ2v) is 5.14. The van der Waals surface area contributed by atoms with Gasteiger partial charge >= 0.3 is 0 Å². The molecular weight excluding hydrogens is 304 g/mol. The van der Waals surface area contributed by atoms with E-state index < -0.39 is 0 Å². The molecule has 1 heterocycles. The number of nitrogen functional groups attached to an aromatic ring is 1. The fourth-order valence-electron chi connectivity index (χ4n) is 2.09. The normalized spacial score (nSPS) is 10.2. The van der Waals surface area contributed by atoms with Crippen LogP contribution in [0.2, 0.25) is 0 Å². The van der Waals surface area contributed by atoms with Crippen molar-refractivity contribution in [1.29, 1.82) is 0 Å². The topological polar surface area (TPSA) is 82.2 Å². The number of nitrogens with zero attached hydrogens (tertiary/aromatic N) is 2. The van der Waals surface area contributed by atoms with Gasteiger partial charge in [0.2, 0.25) is 0 Å². The van der Waals surface area contributed by atoms with E-state index in [1.165, 1.54) is 0 Å². The van der Waals surface area contributed by atoms with Crippen LogP contribution in [0, 0.1) is 0 Å². The maximum atomic E-state index is 12.3. The van der Waals surface area contributed by atoms with Gasteiger partial charge in [-0.05, 0) is 24.1 Å². The first-order valence-corrected chi connectivity index (χ1v) is 6.71. The molecule has 1 aromatic carbocycles. The minimum absolute atomic E-state index is 0. The van der Waals surface area contributed by atoms with Gasteiger partial charge in [0.25, 0.3) is 5.91 Å². The number of carbonyl (C=O) groups is 1. The summed E-state index contributed by atoms with van der Waals surface area (Å²) in [6.45, 7) is 4.11. The predicted octanol–water partition coefficient (Wildman–Crippen LogP) is 2.81. The number of aromatic nitrogens is 2. The fourth-order valence-corrected chi connectivity index (χ4v) is 2.09. The first kappa shape index (κ1) is 17.8. The van der Waals surface area contributed by atoms with Gasteiger partial charge in [-0.25, -0.2) is 0 Å². The van der Waals surface area contributed by atoms with Crippen molar-refractivity contribution in [3.05, 3.63) is 35.7 Å². The van der Waals surface area contributed by atoms with Gasteiger partial charge < -0.3 is 15.8 Å². The molecule has 0 unspecified atom stereocenters. The molecule has 0 saturated carbocycles. The Morgan fingerprint density at radius 1 is 1.36 bits per heavy atom. The van der Waals surface area contributed by atoms with Gasteiger partial charge in [0.05, 0.1) is 18.5 Å². The van der Waals surface area contributed by atoms with E-state index in [1.54, 1.807) is 36.1 Å². The molecule has 22 heavy (non-hydrogen) atoms. The molecule has 1 aromatic heterocycles. The van der Waals surface area contributed by atoms with Gasteiger partial charge in [-0.15, -0.1) is 12.4 Å². The number of carbonyl (C=O) groups excluding carboxylic acids is 1. The Morgan fingerprint density at radius 2 is 2.05 bits per heavy atom. The largest absolute Gasteiger partial charge is 0.497 e. The third-order valence-electron chi connectivity index (χ3n) is 3.25. The van der Waals surface area contributed by atoms with Crippen molar-refractivity contribution in [3.8, 4) is 5.75 Å². The molecule has 6 nitrogen and oxygen atoms in total. The van der Waals surface area contributed by atoms with Crippen molar-refractivity contribution >= 4 is 29.7 Å². The van der Waals surface area contributed by atoms with Gasteiger partial charge in [-0.2, -0.15) is 5.10 Å². The molecule has 3 N–H and O–H groups in total. The van der Waals surface area contributed by atoms with Gasteiger partial charge in [-0.1, -0.05) is 13.8 Å². The number of amides is 1. The SMILES string of the molecule is COc1ccc(N)c(NC(=O)c2cc(C(C)C)n(C)n2)c1.Cl. The number of hydrogen-bond donors (Lipinski definition) is 2. The standard InChI is InChI=1S/C15H20N4O2.ClH/c1-9(2)14-8-13(18-19(14)3)15(20)17-12-7-10(21-4)5-6-11(12)16;/h5-9H,16H2,1-4H3,(H,17,20);1H. The molecule has 2 aromatic rings. The molecule has 0 aliphatic carbocycles. The molecular formula is C15H21ClN4O2. The molecule has 0 atom stereocenters. The van der Waals surface area contributed by atoms with E-state index in [4.69, 9.17) is 10.5 Å². The zero-order chi connectivity index (χ0) is 15.6. The van der Waals surface area contributed by atoms with Crippen LogP contribution < -0.4 is 15.8 Å². The highest BCUT2D eigenvalue weighted by Crippen LogP contribution is 2.25. The van der Waals surface area contributed by atoms with Crippen LogP contribution in [0.4, 0.5) is 11.4 Å². The summed E-state index contributed by atoms with van der Waals surface area (Å²) in [5, 5.41) is 6.99. The molecule has 0 aliphatic heterocycles. The average molecular weight is 325 g/mol. The Labute approximate surface area is 136 Å². The summed E-state index contributed by atoms with van der Waals surface area (Å²) in [7, 11) is 3.39. The van der Waals surface area contributed by atoms with E-state index >= 15 is 0 Å². The summed E-state index contributed by atoms with van der Waals surface area (Å²) in [6.07, 6.45) is 0. The summed E-state index contributed by atoms with van der Waals surface area (Å²) in [5.74, 6) is 0.631. The fraction of sp³-hybridized carbons (Fsp3) is 0.333. The average Bonchev–Trinajstić information content (AvgIpc) is 2.83. The monoisotopic (exact) mass is 324 g/mol. The van der Waals surface area contributed by atoms with E-state index in [9.17, 15) is 4.79 Å². The Kier molecular flexibility index (Phi) is 5.82. The molecule has 1 amide bonds. The summed E-state index contributed by atoms with van der Waals surface area (Å²) >= 11 is 0. The van der Waals surface area contributed by atoms with Crippen molar-refractivity contribution in [2.75, 3.05) is 18.2 Å². The lowest BCUT2D eigenvalue weighted by Crippen LogP contribution is -2.14. The number of aryl methyl sites for hydroxylation is 1. The van der Waals surface area contributed by atoms with Crippen LogP contribution in [0.3, 0.4) is 0 Å². The Bertz CT molecular complexity index is 668. The molecule has 7 heteroatoms. The highest BCUT2D eigenvalue weighted by atomic mass is 35.5. The quantitative estimate of drug-likeness (QED) is 0.847. The molecule has 0 aliphatic rings. The van der Waals surface area contributed by atoms with Crippen LogP contribution in [0.25, 0.3) is 0 Å². The highest BCUT2D eigenvalue weighted by molar-refractivity contribution is 6.04. The van der Waals surface area contributed by atoms with Crippen molar-refractivity contribution in [2.24, 2.45) is 7.05 Å². The number of ether oxygens (including phenoxy) is 1. The number of nitrogens with two attached hydrogens (primary N) is 1. The molecule has 0 spiro atoms. The number of methoxy groups -OCH3 is 1. The smallest absolute Gasteiger partial charge is 0.276 e. The Balaban J connectivity index is 0.00000242. The van der Waals surface area contributed by atoms with E-state index in [0.717, 1.165) is 5.69 Å². The van der Waals surface area contributed by atoms with Crippen LogP contribution in [-0.4, -0.2) is 22.8 Å². The lowest BCUT2D eigenvalue weighted by Gasteiger charge is -2.08. The summed E-state index contributed by atoms with van der Waals surface area (Å²) < 4.78 is 6.84. The summed E-state index contributed by atoms with van der Waals surface area (Å²) in [4.78, 5) is 12.3. The zero-order valence-electron chi connectivity index (χ0n) is 13.1. The van der Waals surface area contributed by atoms with Crippen molar-refractivity contribution < 1.29 is 9.53 Å². The Hall–Kier alpha value is -2.21. The first-order valence-electron chi connectivity index (χ1n) is 6.71. The maximum absolute atomic E-state index is 12.3. The second kappa shape index (κ2) is 7.17. The van der Waals surface area contributed by atoms with Crippen molar-refractivity contribution in [3.63, 3.8) is 0 Å². The Morgan fingerprint density at radius 3 is 2.59 bits per heavy atom. The van der Waals surface area contributed by atoms with E-state index in [1.807, 2.05) is 7.05 Å². The number of halogens is 1. The van der Waals surface area contributed by atoms with Crippen molar-refractivity contribution in [1.82, 2.24) is 9.78 Å². The summed E-state index contributed by atoms with van der Waals surface area (Å²) in [6, 6.07) is 6.89. The number of benzene rings is 1. The van der Waals surface area contributed by atoms with Crippen molar-refractivity contribution in [2.45, 2.75) is 19.8 Å². The minimum Gasteiger partial charge on any atom is -0.497 e. The third-order valence-corrected chi connectivity index (χ3v) is 3.25. The predicted molar refractivity (Wildman–Crippen MR) is 89.9 cm³/mol. The van der Waals surface area contributed by atoms with Gasteiger partial charge in [-0.3, -0.25) is 9.48 Å². The lowest BCUT2D eigenvalue weighted by molar-refractivity contribution is 0.102. The summed E-state index contributed by atoms with van der Waals surface area (Å²) in [5.41, 5.74) is 8.21. The van der Waals surface area contributed by atoms with Crippen LogP contribution in [0.1, 0.15) is 35.9 Å². The zero-order valence-corrected chi connectivity index (χ0v) is 13.9. The number of hydrogen-bond acceptors (Lipinski definition) is 4. The second-order valence-electron chi connectivity index (χ2n) is 5.14. The van der Waals surface area contributed by atoms with Crippen LogP contribution in [0.15, 0.2) is 24.3 Å². The van der Waals surface area contributed by atoms with Gasteiger partial charge in [0.1, 0.15) is 5.75 Å². The maximum Gasteiger partial charge on any atom is 0.276 e. The molecule has 0 fully saturated rings. The van der Waals surface area contributed by atoms with Crippen LogP contribution in [0.5, 0.6) is 5.75 Å². The van der Waals surface area contributed by atoms with E-state index in [-0.39, 0.29) is 18.3 Å². The highest BCUT2D eigenvalue weighted by Gasteiger charge is 2.15. The first-order chi connectivity index (χ1) is 9.92. The third kappa shape index (κ3) is 3.71. The molecule has 0 saturated heterocycles. The van der Waals surface area contributed by atoms with E-state index in [2.05, 4.69) is 24.3 Å². The molecule has 2 rings (SSSR count). The lowest BCUT2D eigenvalue weighted by atomic mass is 10.1. The minimum atomic E-state index is -0.294. The number of nitrogens with one attached hydrogen (secondary N) is 1. The number of rotatable bonds is 4. The van der Waals surface area contributed by atoms with E-state index in [0.29, 0.717) is 28.7 Å². The van der Waals surface area contributed by atoms with Gasteiger partial charge in [0.15, 0.2) is 5.69 Å². The van der Waals surface area contributed by atoms with Crippen LogP contribution >= 0.6 is 12.4 Å². The molecule has 120 valence electrons.